The molecule has 0 radical (unpaired) electrons. The van der Waals surface area contributed by atoms with E-state index in [1.165, 1.54) is 12.2 Å². The zero-order chi connectivity index (χ0) is 28.3. The van der Waals surface area contributed by atoms with Crippen LogP contribution in [0.1, 0.15) is 87.2 Å². The first-order valence-electron chi connectivity index (χ1n) is 13.7. The van der Waals surface area contributed by atoms with Gasteiger partial charge in [0.2, 0.25) is 0 Å². The third-order valence-electron chi connectivity index (χ3n) is 7.32. The lowest BCUT2D eigenvalue weighted by Crippen LogP contribution is -2.47. The van der Waals surface area contributed by atoms with Crippen molar-refractivity contribution < 1.29 is 47.0 Å². The molecule has 4 aliphatic rings. The number of hydrogen-bond donors (Lipinski definition) is 0. The van der Waals surface area contributed by atoms with Crippen molar-refractivity contribution in [3.8, 4) is 0 Å². The molecular formula is C30H32O10. The Bertz CT molecular complexity index is 1210. The Hall–Kier alpha value is -4.08. The third kappa shape index (κ3) is 6.05. The van der Waals surface area contributed by atoms with Crippen LogP contribution in [0.2, 0.25) is 0 Å². The van der Waals surface area contributed by atoms with Crippen molar-refractivity contribution >= 4 is 36.0 Å². The van der Waals surface area contributed by atoms with Gasteiger partial charge in [0, 0.05) is 37.8 Å². The van der Waals surface area contributed by atoms with Gasteiger partial charge in [-0.25, -0.2) is 19.2 Å². The summed E-state index contributed by atoms with van der Waals surface area (Å²) in [4.78, 5) is 48.2. The topological polar surface area (TPSA) is 131 Å². The summed E-state index contributed by atoms with van der Waals surface area (Å²) in [6, 6.07) is 6.89. The van der Waals surface area contributed by atoms with Crippen LogP contribution in [-0.2, 0) is 38.1 Å². The molecule has 2 aromatic heterocycles. The SMILES string of the molecule is Cc1ccc(C=C2C(=O)OC3(CCCCC3)OC2=O)o1.Cc1ccc(C=C2C(=O)OC3(CCCCC3)OC2=O)o1. The molecule has 212 valence electrons. The quantitative estimate of drug-likeness (QED) is 0.269. The Morgan fingerprint density at radius 3 is 1.12 bits per heavy atom. The van der Waals surface area contributed by atoms with Crippen LogP contribution in [0.3, 0.4) is 0 Å². The maximum Gasteiger partial charge on any atom is 0.349 e. The lowest BCUT2D eigenvalue weighted by Gasteiger charge is -2.38. The number of ether oxygens (including phenoxy) is 4. The Balaban J connectivity index is 0.000000161. The first-order valence-corrected chi connectivity index (χ1v) is 13.7. The lowest BCUT2D eigenvalue weighted by molar-refractivity contribution is -0.246. The van der Waals surface area contributed by atoms with Gasteiger partial charge in [0.15, 0.2) is 0 Å². The van der Waals surface area contributed by atoms with Crippen LogP contribution in [0.15, 0.2) is 44.2 Å². The third-order valence-corrected chi connectivity index (χ3v) is 7.32. The Morgan fingerprint density at radius 1 is 0.525 bits per heavy atom. The first-order chi connectivity index (χ1) is 19.2. The van der Waals surface area contributed by atoms with Crippen LogP contribution in [0.5, 0.6) is 0 Å². The van der Waals surface area contributed by atoms with Crippen molar-refractivity contribution in [2.24, 2.45) is 0 Å². The number of carbonyl (C=O) groups is 4. The molecular weight excluding hydrogens is 520 g/mol. The van der Waals surface area contributed by atoms with E-state index >= 15 is 0 Å². The minimum atomic E-state index is -1.04. The monoisotopic (exact) mass is 552 g/mol. The van der Waals surface area contributed by atoms with Crippen LogP contribution in [0, 0.1) is 13.8 Å². The van der Waals surface area contributed by atoms with E-state index in [4.69, 9.17) is 27.8 Å². The molecule has 0 amide bonds. The summed E-state index contributed by atoms with van der Waals surface area (Å²) in [5.74, 6) is -2.30. The normalized spacial score (nSPS) is 21.6. The van der Waals surface area contributed by atoms with Gasteiger partial charge in [0.1, 0.15) is 34.2 Å². The van der Waals surface area contributed by atoms with Crippen molar-refractivity contribution in [1.29, 1.82) is 0 Å². The van der Waals surface area contributed by atoms with E-state index in [1.54, 1.807) is 38.1 Å². The molecule has 2 aliphatic heterocycles. The number of furan rings is 2. The highest BCUT2D eigenvalue weighted by molar-refractivity contribution is 6.19. The molecule has 2 aliphatic carbocycles. The van der Waals surface area contributed by atoms with Gasteiger partial charge in [-0.2, -0.15) is 0 Å². The van der Waals surface area contributed by atoms with Gasteiger partial charge < -0.3 is 27.8 Å². The Kier molecular flexibility index (Phi) is 7.69. The van der Waals surface area contributed by atoms with Gasteiger partial charge in [-0.15, -0.1) is 0 Å². The van der Waals surface area contributed by atoms with E-state index in [9.17, 15) is 19.2 Å². The molecule has 2 saturated heterocycles. The Morgan fingerprint density at radius 2 is 0.850 bits per heavy atom. The van der Waals surface area contributed by atoms with Gasteiger partial charge >= 0.3 is 23.9 Å². The summed E-state index contributed by atoms with van der Waals surface area (Å²) in [7, 11) is 0. The first kappa shape index (κ1) is 27.5. The van der Waals surface area contributed by atoms with E-state index in [0.29, 0.717) is 48.7 Å². The molecule has 10 nitrogen and oxygen atoms in total. The van der Waals surface area contributed by atoms with Crippen molar-refractivity contribution in [2.75, 3.05) is 0 Å². The fourth-order valence-electron chi connectivity index (χ4n) is 5.28. The zero-order valence-corrected chi connectivity index (χ0v) is 22.6. The molecule has 2 saturated carbocycles. The second-order valence-electron chi connectivity index (χ2n) is 10.5. The molecule has 0 bridgehead atoms. The van der Waals surface area contributed by atoms with E-state index < -0.39 is 35.5 Å². The summed E-state index contributed by atoms with van der Waals surface area (Å²) in [5, 5.41) is 0. The Labute approximate surface area is 231 Å². The van der Waals surface area contributed by atoms with Gasteiger partial charge in [0.05, 0.1) is 0 Å². The van der Waals surface area contributed by atoms with Crippen LogP contribution in [0.25, 0.3) is 12.2 Å². The summed E-state index contributed by atoms with van der Waals surface area (Å²) in [6.07, 6.45) is 10.8. The zero-order valence-electron chi connectivity index (χ0n) is 22.6. The maximum absolute atomic E-state index is 12.1. The highest BCUT2D eigenvalue weighted by atomic mass is 16.8. The molecule has 0 unspecified atom stereocenters. The minimum Gasteiger partial charge on any atom is -0.462 e. The average molecular weight is 553 g/mol. The van der Waals surface area contributed by atoms with Gasteiger partial charge in [0.25, 0.3) is 11.6 Å². The number of carbonyl (C=O) groups excluding carboxylic acids is 4. The minimum absolute atomic E-state index is 0.115. The molecule has 10 heteroatoms. The smallest absolute Gasteiger partial charge is 0.349 e. The van der Waals surface area contributed by atoms with E-state index in [1.807, 2.05) is 0 Å². The standard InChI is InChI=1S/2C15H16O5/c2*1-10-5-6-11(18-10)9-12-13(16)19-15(20-14(12)17)7-3-2-4-8-15/h2*5-6,9H,2-4,7-8H2,1H3. The largest absolute Gasteiger partial charge is 0.462 e. The predicted octanol–water partition coefficient (Wildman–Crippen LogP) is 5.46. The molecule has 40 heavy (non-hydrogen) atoms. The molecule has 2 aromatic rings. The predicted molar refractivity (Wildman–Crippen MR) is 139 cm³/mol. The average Bonchev–Trinajstić information content (AvgIpc) is 3.52. The molecule has 0 N–H and O–H groups in total. The molecule has 4 heterocycles. The molecule has 4 fully saturated rings. The highest BCUT2D eigenvalue weighted by Gasteiger charge is 2.47. The van der Waals surface area contributed by atoms with Crippen LogP contribution in [0.4, 0.5) is 0 Å². The second kappa shape index (κ2) is 11.2. The van der Waals surface area contributed by atoms with Gasteiger partial charge in [-0.05, 0) is 63.8 Å². The second-order valence-corrected chi connectivity index (χ2v) is 10.5. The van der Waals surface area contributed by atoms with Gasteiger partial charge in [-0.3, -0.25) is 0 Å². The summed E-state index contributed by atoms with van der Waals surface area (Å²) >= 11 is 0. The number of aryl methyl sites for hydroxylation is 2. The summed E-state index contributed by atoms with van der Waals surface area (Å²) in [5.41, 5.74) is -0.230. The van der Waals surface area contributed by atoms with E-state index in [-0.39, 0.29) is 11.1 Å². The maximum atomic E-state index is 12.1. The fraction of sp³-hybridized carbons (Fsp3) is 0.467. The lowest BCUT2D eigenvalue weighted by atomic mass is 9.93. The molecule has 0 aromatic carbocycles. The molecule has 6 rings (SSSR count). The van der Waals surface area contributed by atoms with Crippen LogP contribution in [-0.4, -0.2) is 35.5 Å². The van der Waals surface area contributed by atoms with Gasteiger partial charge in [-0.1, -0.05) is 12.8 Å². The summed E-state index contributed by atoms with van der Waals surface area (Å²) < 4.78 is 32.2. The van der Waals surface area contributed by atoms with E-state index in [0.717, 1.165) is 38.5 Å². The van der Waals surface area contributed by atoms with Crippen molar-refractivity contribution in [3.63, 3.8) is 0 Å². The van der Waals surface area contributed by atoms with Crippen LogP contribution < -0.4 is 0 Å². The summed E-state index contributed by atoms with van der Waals surface area (Å²) in [6.45, 7) is 3.58. The number of rotatable bonds is 2. The number of hydrogen-bond acceptors (Lipinski definition) is 10. The molecule has 0 atom stereocenters. The fourth-order valence-corrected chi connectivity index (χ4v) is 5.28. The van der Waals surface area contributed by atoms with E-state index in [2.05, 4.69) is 0 Å². The van der Waals surface area contributed by atoms with Crippen LogP contribution >= 0.6 is 0 Å². The van der Waals surface area contributed by atoms with Crippen molar-refractivity contribution in [3.05, 3.63) is 58.5 Å². The number of esters is 4. The highest BCUT2D eigenvalue weighted by Crippen LogP contribution is 2.38. The molecule has 2 spiro atoms. The van der Waals surface area contributed by atoms with Crippen molar-refractivity contribution in [1.82, 2.24) is 0 Å². The van der Waals surface area contributed by atoms with Crippen molar-refractivity contribution in [2.45, 2.75) is 89.6 Å².